The first-order chi connectivity index (χ1) is 4.39. The van der Waals surface area contributed by atoms with E-state index in [1.165, 1.54) is 6.42 Å². The van der Waals surface area contributed by atoms with Gasteiger partial charge in [-0.05, 0) is 10.6 Å². The van der Waals surface area contributed by atoms with Crippen LogP contribution in [0.15, 0.2) is 0 Å². The van der Waals surface area contributed by atoms with Gasteiger partial charge in [-0.2, -0.15) is 0 Å². The van der Waals surface area contributed by atoms with Crippen molar-refractivity contribution in [3.8, 4) is 0 Å². The second kappa shape index (κ2) is 3.91. The fourth-order valence-corrected chi connectivity index (χ4v) is 3.73. The highest BCUT2D eigenvalue weighted by Crippen LogP contribution is 2.38. The van der Waals surface area contributed by atoms with Crippen LogP contribution in [-0.4, -0.2) is 7.42 Å². The van der Waals surface area contributed by atoms with Gasteiger partial charge in [0.15, 0.2) is 0 Å². The summed E-state index contributed by atoms with van der Waals surface area (Å²) in [6.45, 7) is 11.6. The molecule has 0 nitrogen and oxygen atoms in total. The standard InChI is InChI=1S/C8H18BrSi/c1-6-7(2)10(9)8(3,4)5/h7H,6H2,1-5H3. The molecule has 0 aromatic carbocycles. The van der Waals surface area contributed by atoms with E-state index in [9.17, 15) is 0 Å². The van der Waals surface area contributed by atoms with Gasteiger partial charge in [-0.15, -0.1) is 15.3 Å². The first kappa shape index (κ1) is 10.7. The van der Waals surface area contributed by atoms with Crippen molar-refractivity contribution in [3.63, 3.8) is 0 Å². The molecule has 0 aliphatic carbocycles. The predicted molar refractivity (Wildman–Crippen MR) is 54.1 cm³/mol. The van der Waals surface area contributed by atoms with Crippen molar-refractivity contribution >= 4 is 22.7 Å². The number of halogens is 1. The lowest BCUT2D eigenvalue weighted by molar-refractivity contribution is 0.714. The van der Waals surface area contributed by atoms with Crippen molar-refractivity contribution in [1.82, 2.24) is 0 Å². The van der Waals surface area contributed by atoms with Crippen LogP contribution in [0.3, 0.4) is 0 Å². The summed E-state index contributed by atoms with van der Waals surface area (Å²) in [5, 5.41) is 0.500. The topological polar surface area (TPSA) is 0 Å². The van der Waals surface area contributed by atoms with Crippen molar-refractivity contribution in [2.24, 2.45) is 0 Å². The quantitative estimate of drug-likeness (QED) is 0.489. The highest BCUT2D eigenvalue weighted by molar-refractivity contribution is 9.24. The molecule has 0 aliphatic heterocycles. The van der Waals surface area contributed by atoms with Gasteiger partial charge in [-0.25, -0.2) is 0 Å². The van der Waals surface area contributed by atoms with Crippen LogP contribution in [0, 0.1) is 0 Å². The molecular formula is C8H18BrSi. The van der Waals surface area contributed by atoms with Gasteiger partial charge in [0.1, 0.15) is 7.42 Å². The van der Waals surface area contributed by atoms with Crippen LogP contribution in [-0.2, 0) is 0 Å². The fraction of sp³-hybridized carbons (Fsp3) is 1.00. The van der Waals surface area contributed by atoms with Crippen molar-refractivity contribution in [2.75, 3.05) is 0 Å². The van der Waals surface area contributed by atoms with Gasteiger partial charge in [-0.1, -0.05) is 41.0 Å². The van der Waals surface area contributed by atoms with E-state index in [1.54, 1.807) is 0 Å². The molecule has 0 aromatic rings. The van der Waals surface area contributed by atoms with Crippen LogP contribution in [0.1, 0.15) is 41.0 Å². The van der Waals surface area contributed by atoms with Crippen molar-refractivity contribution in [3.05, 3.63) is 0 Å². The van der Waals surface area contributed by atoms with Crippen molar-refractivity contribution in [1.29, 1.82) is 0 Å². The minimum Gasteiger partial charge on any atom is -0.128 e. The molecular weight excluding hydrogens is 204 g/mol. The summed E-state index contributed by atoms with van der Waals surface area (Å²) < 4.78 is 0. The summed E-state index contributed by atoms with van der Waals surface area (Å²) in [5.74, 6) is 0. The van der Waals surface area contributed by atoms with Crippen LogP contribution in [0.25, 0.3) is 0 Å². The average molecular weight is 222 g/mol. The third kappa shape index (κ3) is 3.20. The molecule has 0 N–H and O–H groups in total. The Morgan fingerprint density at radius 1 is 1.40 bits per heavy atom. The molecule has 1 unspecified atom stereocenters. The van der Waals surface area contributed by atoms with E-state index < -0.39 is 0 Å². The van der Waals surface area contributed by atoms with Crippen LogP contribution >= 0.6 is 15.3 Å². The lowest BCUT2D eigenvalue weighted by Gasteiger charge is -2.27. The number of hydrogen-bond acceptors (Lipinski definition) is 0. The molecule has 0 fully saturated rings. The molecule has 0 aliphatic rings. The molecule has 0 aromatic heterocycles. The molecule has 0 heterocycles. The van der Waals surface area contributed by atoms with Crippen LogP contribution < -0.4 is 0 Å². The first-order valence-electron chi connectivity index (χ1n) is 3.92. The van der Waals surface area contributed by atoms with Gasteiger partial charge in [0.25, 0.3) is 0 Å². The third-order valence-corrected chi connectivity index (χ3v) is 10.4. The Balaban J connectivity index is 3.94. The van der Waals surface area contributed by atoms with E-state index in [0.717, 1.165) is 5.54 Å². The highest BCUT2D eigenvalue weighted by Gasteiger charge is 2.28. The number of rotatable bonds is 2. The van der Waals surface area contributed by atoms with Gasteiger partial charge in [0, 0.05) is 0 Å². The molecule has 1 atom stereocenters. The fourth-order valence-electron chi connectivity index (χ4n) is 0.918. The average Bonchev–Trinajstić information content (AvgIpc) is 1.83. The third-order valence-electron chi connectivity index (χ3n) is 1.76. The Morgan fingerprint density at radius 3 is 1.90 bits per heavy atom. The smallest absolute Gasteiger partial charge is 0.128 e. The molecule has 0 saturated carbocycles. The molecule has 1 radical (unpaired) electrons. The Bertz CT molecular complexity index is 95.9. The maximum absolute atomic E-state index is 3.83. The largest absolute Gasteiger partial charge is 0.143 e. The Labute approximate surface area is 74.6 Å². The van der Waals surface area contributed by atoms with E-state index in [4.69, 9.17) is 0 Å². The van der Waals surface area contributed by atoms with Crippen LogP contribution in [0.5, 0.6) is 0 Å². The molecule has 2 heteroatoms. The van der Waals surface area contributed by atoms with Crippen LogP contribution in [0.2, 0.25) is 10.6 Å². The summed E-state index contributed by atoms with van der Waals surface area (Å²) in [4.78, 5) is 0. The van der Waals surface area contributed by atoms with Crippen molar-refractivity contribution in [2.45, 2.75) is 51.6 Å². The lowest BCUT2D eigenvalue weighted by atomic mass is 10.2. The second-order valence-corrected chi connectivity index (χ2v) is 9.65. The second-order valence-electron chi connectivity index (χ2n) is 3.91. The van der Waals surface area contributed by atoms with Gasteiger partial charge in [0.05, 0.1) is 0 Å². The molecule has 0 rings (SSSR count). The van der Waals surface area contributed by atoms with Gasteiger partial charge >= 0.3 is 0 Å². The maximum Gasteiger partial charge on any atom is 0.143 e. The van der Waals surface area contributed by atoms with E-state index in [2.05, 4.69) is 49.9 Å². The Hall–Kier alpha value is 0.697. The van der Waals surface area contributed by atoms with Gasteiger partial charge < -0.3 is 0 Å². The highest BCUT2D eigenvalue weighted by atomic mass is 79.9. The SMILES string of the molecule is CCC(C)[Si](Br)C(C)(C)C. The molecule has 0 saturated heterocycles. The molecule has 61 valence electrons. The summed E-state index contributed by atoms with van der Waals surface area (Å²) in [5.41, 5.74) is 0.880. The Kier molecular flexibility index (Phi) is 4.18. The van der Waals surface area contributed by atoms with E-state index >= 15 is 0 Å². The molecule has 10 heavy (non-hydrogen) atoms. The zero-order valence-electron chi connectivity index (χ0n) is 7.66. The summed E-state index contributed by atoms with van der Waals surface area (Å²) >= 11 is 3.83. The maximum atomic E-state index is 3.83. The monoisotopic (exact) mass is 221 g/mol. The first-order valence-corrected chi connectivity index (χ1v) is 7.75. The van der Waals surface area contributed by atoms with E-state index in [0.29, 0.717) is 5.04 Å². The van der Waals surface area contributed by atoms with Gasteiger partial charge in [-0.3, -0.25) is 0 Å². The van der Waals surface area contributed by atoms with E-state index in [-0.39, 0.29) is 7.42 Å². The summed E-state index contributed by atoms with van der Waals surface area (Å²) in [6.07, 6.45) is 1.30. The molecule has 0 amide bonds. The van der Waals surface area contributed by atoms with Crippen molar-refractivity contribution < 1.29 is 0 Å². The van der Waals surface area contributed by atoms with Gasteiger partial charge in [0.2, 0.25) is 0 Å². The zero-order chi connectivity index (χ0) is 8.36. The summed E-state index contributed by atoms with van der Waals surface area (Å²) in [7, 11) is -0.321. The van der Waals surface area contributed by atoms with Crippen LogP contribution in [0.4, 0.5) is 0 Å². The lowest BCUT2D eigenvalue weighted by Crippen LogP contribution is -2.22. The zero-order valence-corrected chi connectivity index (χ0v) is 10.2. The molecule has 0 spiro atoms. The minimum absolute atomic E-state index is 0.321. The predicted octanol–water partition coefficient (Wildman–Crippen LogP) is 3.97. The molecule has 0 bridgehead atoms. The van der Waals surface area contributed by atoms with E-state index in [1.807, 2.05) is 0 Å². The number of hydrogen-bond donors (Lipinski definition) is 0. The normalized spacial score (nSPS) is 15.9. The minimum atomic E-state index is -0.321. The summed E-state index contributed by atoms with van der Waals surface area (Å²) in [6, 6.07) is 0. The Morgan fingerprint density at radius 2 is 1.80 bits per heavy atom.